The van der Waals surface area contributed by atoms with Gasteiger partial charge >= 0.3 is 0 Å². The molecular weight excluding hydrogens is 172 g/mol. The van der Waals surface area contributed by atoms with Crippen LogP contribution in [0.3, 0.4) is 0 Å². The molecule has 0 saturated heterocycles. The first-order chi connectivity index (χ1) is 6.88. The molecule has 14 heavy (non-hydrogen) atoms. The van der Waals surface area contributed by atoms with Gasteiger partial charge in [-0.3, -0.25) is 0 Å². The van der Waals surface area contributed by atoms with Gasteiger partial charge in [-0.05, 0) is 18.5 Å². The predicted molar refractivity (Wildman–Crippen MR) is 61.1 cm³/mol. The van der Waals surface area contributed by atoms with Crippen LogP contribution in [0.1, 0.15) is 31.4 Å². The Morgan fingerprint density at radius 3 is 2.57 bits per heavy atom. The number of hydrogen-bond donors (Lipinski definition) is 2. The van der Waals surface area contributed by atoms with Gasteiger partial charge in [0.2, 0.25) is 0 Å². The van der Waals surface area contributed by atoms with Crippen LogP contribution in [0.15, 0.2) is 30.3 Å². The largest absolute Gasteiger partial charge is 0.329 e. The van der Waals surface area contributed by atoms with Gasteiger partial charge in [0.05, 0.1) is 0 Å². The maximum absolute atomic E-state index is 5.72. The first-order valence-corrected chi connectivity index (χ1v) is 5.37. The molecule has 1 atom stereocenters. The quantitative estimate of drug-likeness (QED) is 0.677. The van der Waals surface area contributed by atoms with Crippen molar-refractivity contribution in [2.45, 2.75) is 25.8 Å². The maximum Gasteiger partial charge on any atom is 0.0444 e. The van der Waals surface area contributed by atoms with Crippen molar-refractivity contribution < 1.29 is 0 Å². The molecule has 0 fully saturated rings. The van der Waals surface area contributed by atoms with E-state index in [1.54, 1.807) is 0 Å². The zero-order chi connectivity index (χ0) is 10.2. The summed E-state index contributed by atoms with van der Waals surface area (Å²) in [5.74, 6) is 0. The molecule has 2 heteroatoms. The number of benzene rings is 1. The number of unbranched alkanes of at least 4 members (excludes halogenated alkanes) is 1. The van der Waals surface area contributed by atoms with E-state index >= 15 is 0 Å². The summed E-state index contributed by atoms with van der Waals surface area (Å²) in [4.78, 5) is 0. The SMILES string of the molecule is CCCCNC(CN)c1ccccc1. The second-order valence-corrected chi connectivity index (χ2v) is 3.51. The third-order valence-electron chi connectivity index (χ3n) is 2.36. The fourth-order valence-corrected chi connectivity index (χ4v) is 1.48. The molecule has 0 aromatic heterocycles. The van der Waals surface area contributed by atoms with Gasteiger partial charge in [0.15, 0.2) is 0 Å². The highest BCUT2D eigenvalue weighted by molar-refractivity contribution is 5.19. The summed E-state index contributed by atoms with van der Waals surface area (Å²) in [6.07, 6.45) is 2.43. The second kappa shape index (κ2) is 6.57. The lowest BCUT2D eigenvalue weighted by Crippen LogP contribution is -2.28. The molecular formula is C12H20N2. The molecule has 0 aliphatic heterocycles. The van der Waals surface area contributed by atoms with Crippen molar-refractivity contribution in [1.82, 2.24) is 5.32 Å². The molecule has 0 aliphatic rings. The molecule has 0 heterocycles. The predicted octanol–water partition coefficient (Wildman–Crippen LogP) is 2.08. The van der Waals surface area contributed by atoms with Gasteiger partial charge in [0, 0.05) is 12.6 Å². The first kappa shape index (κ1) is 11.2. The summed E-state index contributed by atoms with van der Waals surface area (Å²) in [7, 11) is 0. The first-order valence-electron chi connectivity index (χ1n) is 5.37. The van der Waals surface area contributed by atoms with Gasteiger partial charge < -0.3 is 11.1 Å². The van der Waals surface area contributed by atoms with E-state index in [-0.39, 0.29) is 0 Å². The van der Waals surface area contributed by atoms with Crippen molar-refractivity contribution in [1.29, 1.82) is 0 Å². The molecule has 0 amide bonds. The zero-order valence-electron chi connectivity index (χ0n) is 8.87. The van der Waals surface area contributed by atoms with E-state index in [1.807, 2.05) is 6.07 Å². The van der Waals surface area contributed by atoms with Crippen molar-refractivity contribution >= 4 is 0 Å². The van der Waals surface area contributed by atoms with Crippen LogP contribution in [-0.2, 0) is 0 Å². The van der Waals surface area contributed by atoms with E-state index in [2.05, 4.69) is 36.5 Å². The van der Waals surface area contributed by atoms with Gasteiger partial charge in [0.25, 0.3) is 0 Å². The second-order valence-electron chi connectivity index (χ2n) is 3.51. The molecule has 1 rings (SSSR count). The molecule has 1 unspecified atom stereocenters. The summed E-state index contributed by atoms with van der Waals surface area (Å²) in [5.41, 5.74) is 7.01. The molecule has 78 valence electrons. The van der Waals surface area contributed by atoms with Crippen molar-refractivity contribution in [3.05, 3.63) is 35.9 Å². The maximum atomic E-state index is 5.72. The molecule has 2 nitrogen and oxygen atoms in total. The highest BCUT2D eigenvalue weighted by atomic mass is 14.9. The molecule has 0 aliphatic carbocycles. The van der Waals surface area contributed by atoms with E-state index in [1.165, 1.54) is 18.4 Å². The molecule has 1 aromatic carbocycles. The number of rotatable bonds is 6. The average Bonchev–Trinajstić information content (AvgIpc) is 2.26. The standard InChI is InChI=1S/C12H20N2/c1-2-3-9-14-12(10-13)11-7-5-4-6-8-11/h4-8,12,14H,2-3,9-10,13H2,1H3. The third kappa shape index (κ3) is 3.48. The van der Waals surface area contributed by atoms with E-state index in [9.17, 15) is 0 Å². The normalized spacial score (nSPS) is 12.7. The van der Waals surface area contributed by atoms with Crippen LogP contribution in [0.5, 0.6) is 0 Å². The fourth-order valence-electron chi connectivity index (χ4n) is 1.48. The Labute approximate surface area is 86.5 Å². The average molecular weight is 192 g/mol. The topological polar surface area (TPSA) is 38.0 Å². The van der Waals surface area contributed by atoms with Crippen molar-refractivity contribution in [3.63, 3.8) is 0 Å². The smallest absolute Gasteiger partial charge is 0.0444 e. The van der Waals surface area contributed by atoms with Crippen molar-refractivity contribution in [2.75, 3.05) is 13.1 Å². The van der Waals surface area contributed by atoms with E-state index < -0.39 is 0 Å². The lowest BCUT2D eigenvalue weighted by Gasteiger charge is -2.16. The van der Waals surface area contributed by atoms with Gasteiger partial charge in [-0.2, -0.15) is 0 Å². The molecule has 0 saturated carbocycles. The molecule has 0 bridgehead atoms. The minimum absolute atomic E-state index is 0.308. The van der Waals surface area contributed by atoms with Crippen molar-refractivity contribution in [3.8, 4) is 0 Å². The van der Waals surface area contributed by atoms with Crippen LogP contribution < -0.4 is 11.1 Å². The van der Waals surface area contributed by atoms with Crippen molar-refractivity contribution in [2.24, 2.45) is 5.73 Å². The fraction of sp³-hybridized carbons (Fsp3) is 0.500. The highest BCUT2D eigenvalue weighted by Gasteiger charge is 2.06. The lowest BCUT2D eigenvalue weighted by atomic mass is 10.1. The molecule has 0 spiro atoms. The van der Waals surface area contributed by atoms with E-state index in [0.717, 1.165) is 6.54 Å². The summed E-state index contributed by atoms with van der Waals surface area (Å²) < 4.78 is 0. The van der Waals surface area contributed by atoms with Gasteiger partial charge in [-0.15, -0.1) is 0 Å². The summed E-state index contributed by atoms with van der Waals surface area (Å²) in [5, 5.41) is 3.46. The van der Waals surface area contributed by atoms with Crippen LogP contribution in [0, 0.1) is 0 Å². The Morgan fingerprint density at radius 2 is 2.00 bits per heavy atom. The van der Waals surface area contributed by atoms with Crippen LogP contribution >= 0.6 is 0 Å². The van der Waals surface area contributed by atoms with Gasteiger partial charge in [-0.25, -0.2) is 0 Å². The van der Waals surface area contributed by atoms with Crippen LogP contribution in [0.2, 0.25) is 0 Å². The van der Waals surface area contributed by atoms with E-state index in [0.29, 0.717) is 12.6 Å². The Morgan fingerprint density at radius 1 is 1.29 bits per heavy atom. The van der Waals surface area contributed by atoms with Crippen LogP contribution in [0.25, 0.3) is 0 Å². The molecule has 3 N–H and O–H groups in total. The Hall–Kier alpha value is -0.860. The minimum atomic E-state index is 0.308. The summed E-state index contributed by atoms with van der Waals surface area (Å²) in [6.45, 7) is 3.91. The Bertz CT molecular complexity index is 233. The zero-order valence-corrected chi connectivity index (χ0v) is 8.87. The highest BCUT2D eigenvalue weighted by Crippen LogP contribution is 2.10. The summed E-state index contributed by atoms with van der Waals surface area (Å²) >= 11 is 0. The van der Waals surface area contributed by atoms with Gasteiger partial charge in [-0.1, -0.05) is 43.7 Å². The van der Waals surface area contributed by atoms with Crippen LogP contribution in [0.4, 0.5) is 0 Å². The number of hydrogen-bond acceptors (Lipinski definition) is 2. The summed E-state index contributed by atoms with van der Waals surface area (Å²) in [6, 6.07) is 10.7. The van der Waals surface area contributed by atoms with Gasteiger partial charge in [0.1, 0.15) is 0 Å². The molecule has 0 radical (unpaired) electrons. The van der Waals surface area contributed by atoms with Crippen LogP contribution in [-0.4, -0.2) is 13.1 Å². The number of nitrogens with one attached hydrogen (secondary N) is 1. The molecule has 1 aromatic rings. The lowest BCUT2D eigenvalue weighted by molar-refractivity contribution is 0.528. The monoisotopic (exact) mass is 192 g/mol. The van der Waals surface area contributed by atoms with E-state index in [4.69, 9.17) is 5.73 Å². The minimum Gasteiger partial charge on any atom is -0.329 e. The Kier molecular flexibility index (Phi) is 5.27. The Balaban J connectivity index is 2.46. The third-order valence-corrected chi connectivity index (χ3v) is 2.36. The number of nitrogens with two attached hydrogens (primary N) is 1.